The first-order chi connectivity index (χ1) is 10.8. The Morgan fingerprint density at radius 3 is 2.43 bits per heavy atom. The molecule has 2 atom stereocenters. The quantitative estimate of drug-likeness (QED) is 0.768. The molecule has 0 saturated heterocycles. The summed E-state index contributed by atoms with van der Waals surface area (Å²) in [6.07, 6.45) is 10.2. The molecule has 4 nitrogen and oxygen atoms in total. The summed E-state index contributed by atoms with van der Waals surface area (Å²) in [5.74, 6) is 0.533. The lowest BCUT2D eigenvalue weighted by Crippen LogP contribution is -2.49. The zero-order chi connectivity index (χ0) is 16.9. The van der Waals surface area contributed by atoms with Crippen molar-refractivity contribution < 1.29 is 9.53 Å². The van der Waals surface area contributed by atoms with Crippen LogP contribution in [0.1, 0.15) is 79.1 Å². The molecule has 134 valence electrons. The summed E-state index contributed by atoms with van der Waals surface area (Å²) < 4.78 is 5.35. The van der Waals surface area contributed by atoms with Crippen molar-refractivity contribution in [1.82, 2.24) is 10.6 Å². The van der Waals surface area contributed by atoms with Gasteiger partial charge in [0.2, 0.25) is 0 Å². The van der Waals surface area contributed by atoms with Gasteiger partial charge in [0.15, 0.2) is 0 Å². The lowest BCUT2D eigenvalue weighted by atomic mass is 9.66. The SMILES string of the molecule is CCC1(CNC2CCCCC2CNC(=O)OC(C)(C)C)CCC1. The van der Waals surface area contributed by atoms with Crippen LogP contribution in [0.15, 0.2) is 0 Å². The van der Waals surface area contributed by atoms with Crippen LogP contribution >= 0.6 is 0 Å². The number of hydrogen-bond acceptors (Lipinski definition) is 3. The highest BCUT2D eigenvalue weighted by molar-refractivity contribution is 5.67. The predicted octanol–water partition coefficient (Wildman–Crippen LogP) is 4.24. The standard InChI is InChI=1S/C19H36N2O2/c1-5-19(11-8-12-19)14-21-16-10-7-6-9-15(16)13-20-17(22)23-18(2,3)4/h15-16,21H,5-14H2,1-4H3,(H,20,22). The first kappa shape index (κ1) is 18.6. The van der Waals surface area contributed by atoms with E-state index in [2.05, 4.69) is 17.6 Å². The Labute approximate surface area is 142 Å². The molecule has 0 heterocycles. The van der Waals surface area contributed by atoms with Crippen molar-refractivity contribution in [3.63, 3.8) is 0 Å². The molecule has 0 aromatic heterocycles. The summed E-state index contributed by atoms with van der Waals surface area (Å²) in [4.78, 5) is 11.9. The predicted molar refractivity (Wildman–Crippen MR) is 94.6 cm³/mol. The minimum absolute atomic E-state index is 0.286. The van der Waals surface area contributed by atoms with Crippen molar-refractivity contribution in [2.75, 3.05) is 13.1 Å². The van der Waals surface area contributed by atoms with Crippen LogP contribution in [0, 0.1) is 11.3 Å². The van der Waals surface area contributed by atoms with Crippen LogP contribution in [-0.4, -0.2) is 30.8 Å². The van der Waals surface area contributed by atoms with Crippen molar-refractivity contribution in [2.24, 2.45) is 11.3 Å². The highest BCUT2D eigenvalue weighted by Gasteiger charge is 2.36. The smallest absolute Gasteiger partial charge is 0.407 e. The fourth-order valence-electron chi connectivity index (χ4n) is 3.93. The molecule has 1 amide bonds. The van der Waals surface area contributed by atoms with E-state index < -0.39 is 5.60 Å². The normalized spacial score (nSPS) is 27.1. The van der Waals surface area contributed by atoms with E-state index in [9.17, 15) is 4.79 Å². The minimum Gasteiger partial charge on any atom is -0.444 e. The van der Waals surface area contributed by atoms with Gasteiger partial charge in [-0.25, -0.2) is 4.79 Å². The summed E-state index contributed by atoms with van der Waals surface area (Å²) >= 11 is 0. The molecule has 0 aromatic carbocycles. The molecule has 2 saturated carbocycles. The average Bonchev–Trinajstić information content (AvgIpc) is 2.43. The Balaban J connectivity index is 1.77. The highest BCUT2D eigenvalue weighted by Crippen LogP contribution is 2.43. The number of alkyl carbamates (subject to hydrolysis) is 1. The van der Waals surface area contributed by atoms with Crippen molar-refractivity contribution >= 4 is 6.09 Å². The van der Waals surface area contributed by atoms with E-state index in [1.165, 1.54) is 51.4 Å². The molecule has 2 N–H and O–H groups in total. The summed E-state index contributed by atoms with van der Waals surface area (Å²) in [5.41, 5.74) is 0.132. The number of hydrogen-bond donors (Lipinski definition) is 2. The van der Waals surface area contributed by atoms with Gasteiger partial charge in [0.05, 0.1) is 0 Å². The third kappa shape index (κ3) is 5.66. The van der Waals surface area contributed by atoms with E-state index in [-0.39, 0.29) is 6.09 Å². The molecule has 2 aliphatic rings. The third-order valence-corrected chi connectivity index (χ3v) is 5.72. The van der Waals surface area contributed by atoms with Crippen LogP contribution in [0.2, 0.25) is 0 Å². The number of amides is 1. The molecular formula is C19H36N2O2. The van der Waals surface area contributed by atoms with Gasteiger partial charge in [-0.15, -0.1) is 0 Å². The molecule has 0 bridgehead atoms. The Bertz CT molecular complexity index is 380. The molecule has 2 rings (SSSR count). The maximum atomic E-state index is 11.9. The molecule has 0 spiro atoms. The summed E-state index contributed by atoms with van der Waals surface area (Å²) in [7, 11) is 0. The van der Waals surface area contributed by atoms with Crippen molar-refractivity contribution in [3.05, 3.63) is 0 Å². The molecule has 0 aromatic rings. The molecule has 4 heteroatoms. The number of carbonyl (C=O) groups excluding carboxylic acids is 1. The van der Waals surface area contributed by atoms with Crippen LogP contribution in [0.4, 0.5) is 4.79 Å². The van der Waals surface area contributed by atoms with Gasteiger partial charge >= 0.3 is 6.09 Å². The number of rotatable bonds is 6. The summed E-state index contributed by atoms with van der Waals surface area (Å²) in [6, 6.07) is 0.544. The number of ether oxygens (including phenoxy) is 1. The Hall–Kier alpha value is -0.770. The topological polar surface area (TPSA) is 50.4 Å². The summed E-state index contributed by atoms with van der Waals surface area (Å²) in [5, 5.41) is 6.82. The zero-order valence-electron chi connectivity index (χ0n) is 15.5. The monoisotopic (exact) mass is 324 g/mol. The Morgan fingerprint density at radius 1 is 1.17 bits per heavy atom. The van der Waals surface area contributed by atoms with E-state index >= 15 is 0 Å². The maximum absolute atomic E-state index is 11.9. The second-order valence-electron chi connectivity index (χ2n) is 8.62. The lowest BCUT2D eigenvalue weighted by molar-refractivity contribution is 0.0506. The largest absolute Gasteiger partial charge is 0.444 e. The van der Waals surface area contributed by atoms with Crippen LogP contribution < -0.4 is 10.6 Å². The van der Waals surface area contributed by atoms with Gasteiger partial charge in [0.1, 0.15) is 5.60 Å². The molecule has 2 unspecified atom stereocenters. The fraction of sp³-hybridized carbons (Fsp3) is 0.947. The highest BCUT2D eigenvalue weighted by atomic mass is 16.6. The van der Waals surface area contributed by atoms with E-state index in [0.717, 1.165) is 13.1 Å². The van der Waals surface area contributed by atoms with Crippen molar-refractivity contribution in [2.45, 2.75) is 90.7 Å². The summed E-state index contributed by atoms with van der Waals surface area (Å²) in [6.45, 7) is 9.91. The molecule has 2 fully saturated rings. The van der Waals surface area contributed by atoms with E-state index in [1.54, 1.807) is 0 Å². The zero-order valence-corrected chi connectivity index (χ0v) is 15.5. The first-order valence-corrected chi connectivity index (χ1v) is 9.54. The molecule has 23 heavy (non-hydrogen) atoms. The second kappa shape index (κ2) is 7.87. The number of nitrogens with one attached hydrogen (secondary N) is 2. The molecule has 2 aliphatic carbocycles. The Kier molecular flexibility index (Phi) is 6.35. The molecular weight excluding hydrogens is 288 g/mol. The minimum atomic E-state index is -0.425. The van der Waals surface area contributed by atoms with E-state index in [0.29, 0.717) is 17.4 Å². The molecule has 0 aliphatic heterocycles. The van der Waals surface area contributed by atoms with E-state index in [1.807, 2.05) is 20.8 Å². The van der Waals surface area contributed by atoms with Gasteiger partial charge in [-0.1, -0.05) is 26.2 Å². The van der Waals surface area contributed by atoms with Crippen LogP contribution in [0.5, 0.6) is 0 Å². The van der Waals surface area contributed by atoms with Gasteiger partial charge in [-0.05, 0) is 64.2 Å². The van der Waals surface area contributed by atoms with Gasteiger partial charge in [-0.3, -0.25) is 0 Å². The molecule has 0 radical (unpaired) electrons. The van der Waals surface area contributed by atoms with E-state index in [4.69, 9.17) is 4.74 Å². The van der Waals surface area contributed by atoms with Crippen molar-refractivity contribution in [1.29, 1.82) is 0 Å². The van der Waals surface area contributed by atoms with Crippen LogP contribution in [0.3, 0.4) is 0 Å². The van der Waals surface area contributed by atoms with Gasteiger partial charge in [0.25, 0.3) is 0 Å². The lowest BCUT2D eigenvalue weighted by Gasteiger charge is -2.44. The Morgan fingerprint density at radius 2 is 1.87 bits per heavy atom. The van der Waals surface area contributed by atoms with Crippen molar-refractivity contribution in [3.8, 4) is 0 Å². The van der Waals surface area contributed by atoms with Crippen LogP contribution in [-0.2, 0) is 4.74 Å². The van der Waals surface area contributed by atoms with Crippen LogP contribution in [0.25, 0.3) is 0 Å². The fourth-order valence-corrected chi connectivity index (χ4v) is 3.93. The third-order valence-electron chi connectivity index (χ3n) is 5.72. The average molecular weight is 325 g/mol. The maximum Gasteiger partial charge on any atom is 0.407 e. The van der Waals surface area contributed by atoms with Gasteiger partial charge in [-0.2, -0.15) is 0 Å². The first-order valence-electron chi connectivity index (χ1n) is 9.54. The van der Waals surface area contributed by atoms with Gasteiger partial charge in [0, 0.05) is 19.1 Å². The van der Waals surface area contributed by atoms with Gasteiger partial charge < -0.3 is 15.4 Å². The number of carbonyl (C=O) groups is 1. The second-order valence-corrected chi connectivity index (χ2v) is 8.62.